The molecule has 1 fully saturated rings. The summed E-state index contributed by atoms with van der Waals surface area (Å²) in [5.74, 6) is 1.19. The molecule has 0 bridgehead atoms. The third-order valence-electron chi connectivity index (χ3n) is 4.27. The molecule has 0 saturated heterocycles. The highest BCUT2D eigenvalue weighted by Gasteiger charge is 2.27. The van der Waals surface area contributed by atoms with Crippen molar-refractivity contribution in [2.24, 2.45) is 17.3 Å². The quantitative estimate of drug-likeness (QED) is 0.749. The van der Waals surface area contributed by atoms with Crippen LogP contribution in [0.2, 0.25) is 0 Å². The molecule has 2 unspecified atom stereocenters. The first-order valence-electron chi connectivity index (χ1n) is 6.59. The minimum absolute atomic E-state index is 0.0560. The fraction of sp³-hybridized carbons (Fsp3) is 1.00. The molecule has 0 aromatic heterocycles. The molecular formula is C14H28O. The summed E-state index contributed by atoms with van der Waals surface area (Å²) in [5, 5.41) is 10.2. The molecule has 0 aromatic carbocycles. The highest BCUT2D eigenvalue weighted by Crippen LogP contribution is 2.34. The third kappa shape index (κ3) is 4.14. The van der Waals surface area contributed by atoms with Crippen LogP contribution in [0.25, 0.3) is 0 Å². The molecule has 0 spiro atoms. The first-order valence-corrected chi connectivity index (χ1v) is 6.59. The zero-order valence-electron chi connectivity index (χ0n) is 10.9. The number of hydrogen-bond donors (Lipinski definition) is 1. The Kier molecular flexibility index (Phi) is 4.64. The van der Waals surface area contributed by atoms with Crippen molar-refractivity contribution in [3.05, 3.63) is 0 Å². The fourth-order valence-electron chi connectivity index (χ4n) is 2.43. The Labute approximate surface area is 95.3 Å². The molecule has 15 heavy (non-hydrogen) atoms. The number of rotatable bonds is 3. The van der Waals surface area contributed by atoms with Gasteiger partial charge in [-0.25, -0.2) is 0 Å². The van der Waals surface area contributed by atoms with Crippen molar-refractivity contribution in [3.63, 3.8) is 0 Å². The standard InChI is InChI=1S/C14H28O/c1-11(14(2,3)4)10-13(15)12-8-6-5-7-9-12/h11-13,15H,5-10H2,1-4H3. The molecule has 0 aromatic rings. The highest BCUT2D eigenvalue weighted by atomic mass is 16.3. The van der Waals surface area contributed by atoms with E-state index in [0.717, 1.165) is 6.42 Å². The maximum absolute atomic E-state index is 10.2. The molecule has 0 radical (unpaired) electrons. The van der Waals surface area contributed by atoms with Crippen LogP contribution in [0.1, 0.15) is 66.2 Å². The largest absolute Gasteiger partial charge is 0.393 e. The molecule has 1 N–H and O–H groups in total. The highest BCUT2D eigenvalue weighted by molar-refractivity contribution is 4.78. The van der Waals surface area contributed by atoms with E-state index in [1.54, 1.807) is 0 Å². The van der Waals surface area contributed by atoms with Gasteiger partial charge in [-0.15, -0.1) is 0 Å². The second kappa shape index (κ2) is 5.34. The van der Waals surface area contributed by atoms with Gasteiger partial charge in [-0.05, 0) is 36.5 Å². The van der Waals surface area contributed by atoms with E-state index in [1.807, 2.05) is 0 Å². The van der Waals surface area contributed by atoms with Crippen LogP contribution >= 0.6 is 0 Å². The Morgan fingerprint density at radius 2 is 1.67 bits per heavy atom. The van der Waals surface area contributed by atoms with E-state index >= 15 is 0 Å². The van der Waals surface area contributed by atoms with E-state index in [4.69, 9.17) is 0 Å². The summed E-state index contributed by atoms with van der Waals surface area (Å²) < 4.78 is 0. The van der Waals surface area contributed by atoms with E-state index in [2.05, 4.69) is 27.7 Å². The van der Waals surface area contributed by atoms with Gasteiger partial charge in [-0.2, -0.15) is 0 Å². The van der Waals surface area contributed by atoms with Gasteiger partial charge in [0, 0.05) is 0 Å². The molecular weight excluding hydrogens is 184 g/mol. The molecule has 90 valence electrons. The molecule has 1 saturated carbocycles. The molecule has 1 heteroatoms. The number of hydrogen-bond acceptors (Lipinski definition) is 1. The fourth-order valence-corrected chi connectivity index (χ4v) is 2.43. The Bertz CT molecular complexity index is 174. The lowest BCUT2D eigenvalue weighted by atomic mass is 9.75. The number of aliphatic hydroxyl groups excluding tert-OH is 1. The van der Waals surface area contributed by atoms with Gasteiger partial charge in [-0.3, -0.25) is 0 Å². The van der Waals surface area contributed by atoms with Crippen molar-refractivity contribution in [2.75, 3.05) is 0 Å². The molecule has 0 aliphatic heterocycles. The summed E-state index contributed by atoms with van der Waals surface area (Å²) in [6.07, 6.45) is 7.44. The minimum Gasteiger partial charge on any atom is -0.393 e. The van der Waals surface area contributed by atoms with Crippen LogP contribution in [0.5, 0.6) is 0 Å². The number of aliphatic hydroxyl groups is 1. The minimum atomic E-state index is -0.0560. The van der Waals surface area contributed by atoms with Gasteiger partial charge in [0.05, 0.1) is 6.10 Å². The van der Waals surface area contributed by atoms with Crippen molar-refractivity contribution in [1.29, 1.82) is 0 Å². The van der Waals surface area contributed by atoms with Crippen molar-refractivity contribution >= 4 is 0 Å². The molecule has 0 amide bonds. The van der Waals surface area contributed by atoms with Crippen molar-refractivity contribution in [3.8, 4) is 0 Å². The Morgan fingerprint density at radius 1 is 1.13 bits per heavy atom. The maximum Gasteiger partial charge on any atom is 0.0571 e. The maximum atomic E-state index is 10.2. The summed E-state index contributed by atoms with van der Waals surface area (Å²) in [4.78, 5) is 0. The van der Waals surface area contributed by atoms with Gasteiger partial charge in [-0.1, -0.05) is 47.0 Å². The van der Waals surface area contributed by atoms with Gasteiger partial charge in [0.1, 0.15) is 0 Å². The first-order chi connectivity index (χ1) is 6.91. The van der Waals surface area contributed by atoms with E-state index in [1.165, 1.54) is 32.1 Å². The van der Waals surface area contributed by atoms with Crippen LogP contribution in [0.3, 0.4) is 0 Å². The Morgan fingerprint density at radius 3 is 2.13 bits per heavy atom. The molecule has 2 atom stereocenters. The van der Waals surface area contributed by atoms with Gasteiger partial charge in [0.15, 0.2) is 0 Å². The zero-order chi connectivity index (χ0) is 11.5. The smallest absolute Gasteiger partial charge is 0.0571 e. The third-order valence-corrected chi connectivity index (χ3v) is 4.27. The zero-order valence-corrected chi connectivity index (χ0v) is 10.9. The SMILES string of the molecule is CC(CC(O)C1CCCCC1)C(C)(C)C. The van der Waals surface area contributed by atoms with Crippen molar-refractivity contribution in [2.45, 2.75) is 72.3 Å². The van der Waals surface area contributed by atoms with Crippen LogP contribution in [0.15, 0.2) is 0 Å². The van der Waals surface area contributed by atoms with E-state index < -0.39 is 0 Å². The predicted octanol–water partition coefficient (Wildman–Crippen LogP) is 4.00. The van der Waals surface area contributed by atoms with E-state index in [0.29, 0.717) is 17.3 Å². The molecule has 1 aliphatic rings. The lowest BCUT2D eigenvalue weighted by Gasteiger charge is -2.33. The molecule has 1 rings (SSSR count). The van der Waals surface area contributed by atoms with Crippen LogP contribution < -0.4 is 0 Å². The average molecular weight is 212 g/mol. The lowest BCUT2D eigenvalue weighted by Crippen LogP contribution is -2.29. The Hall–Kier alpha value is -0.0400. The van der Waals surface area contributed by atoms with Gasteiger partial charge in [0.25, 0.3) is 0 Å². The molecule has 1 aliphatic carbocycles. The summed E-state index contributed by atoms with van der Waals surface area (Å²) in [6.45, 7) is 9.08. The molecule has 1 nitrogen and oxygen atoms in total. The van der Waals surface area contributed by atoms with Crippen LogP contribution in [-0.4, -0.2) is 11.2 Å². The first kappa shape index (κ1) is 13.0. The lowest BCUT2D eigenvalue weighted by molar-refractivity contribution is 0.0459. The monoisotopic (exact) mass is 212 g/mol. The van der Waals surface area contributed by atoms with Crippen molar-refractivity contribution in [1.82, 2.24) is 0 Å². The van der Waals surface area contributed by atoms with Crippen LogP contribution in [0, 0.1) is 17.3 Å². The van der Waals surface area contributed by atoms with Crippen LogP contribution in [-0.2, 0) is 0 Å². The topological polar surface area (TPSA) is 20.2 Å². The second-order valence-electron chi connectivity index (χ2n) is 6.47. The molecule has 0 heterocycles. The summed E-state index contributed by atoms with van der Waals surface area (Å²) in [6, 6.07) is 0. The van der Waals surface area contributed by atoms with Gasteiger partial charge >= 0.3 is 0 Å². The summed E-state index contributed by atoms with van der Waals surface area (Å²) in [5.41, 5.74) is 0.329. The van der Waals surface area contributed by atoms with Gasteiger partial charge in [0.2, 0.25) is 0 Å². The normalized spacial score (nSPS) is 23.8. The summed E-state index contributed by atoms with van der Waals surface area (Å²) in [7, 11) is 0. The summed E-state index contributed by atoms with van der Waals surface area (Å²) >= 11 is 0. The second-order valence-corrected chi connectivity index (χ2v) is 6.47. The van der Waals surface area contributed by atoms with Crippen LogP contribution in [0.4, 0.5) is 0 Å². The van der Waals surface area contributed by atoms with E-state index in [9.17, 15) is 5.11 Å². The predicted molar refractivity (Wildman–Crippen MR) is 65.8 cm³/mol. The van der Waals surface area contributed by atoms with Gasteiger partial charge < -0.3 is 5.11 Å². The van der Waals surface area contributed by atoms with E-state index in [-0.39, 0.29) is 6.10 Å². The average Bonchev–Trinajstić information content (AvgIpc) is 2.17. The Balaban J connectivity index is 2.36. The van der Waals surface area contributed by atoms with Crippen molar-refractivity contribution < 1.29 is 5.11 Å².